The Bertz CT molecular complexity index is 250. The van der Waals surface area contributed by atoms with Crippen LogP contribution in [0, 0.1) is 5.92 Å². The van der Waals surface area contributed by atoms with Gasteiger partial charge in [-0.15, -0.1) is 0 Å². The zero-order valence-corrected chi connectivity index (χ0v) is 9.40. The second-order valence-corrected chi connectivity index (χ2v) is 4.56. The summed E-state index contributed by atoms with van der Waals surface area (Å²) in [7, 11) is 0. The molecule has 1 N–H and O–H groups in total. The molecule has 0 saturated carbocycles. The molecule has 0 aromatic carbocycles. The fraction of sp³-hybridized carbons (Fsp3) is 0.818. The molecule has 1 heterocycles. The molecule has 86 valence electrons. The molecule has 1 amide bonds. The monoisotopic (exact) mass is 213 g/mol. The van der Waals surface area contributed by atoms with E-state index in [1.165, 1.54) is 0 Å². The van der Waals surface area contributed by atoms with Crippen molar-refractivity contribution in [1.29, 1.82) is 0 Å². The third kappa shape index (κ3) is 3.53. The fourth-order valence-corrected chi connectivity index (χ4v) is 2.03. The summed E-state index contributed by atoms with van der Waals surface area (Å²) in [6.45, 7) is 4.89. The Labute approximate surface area is 90.3 Å². The minimum atomic E-state index is -0.779. The van der Waals surface area contributed by atoms with Crippen molar-refractivity contribution in [2.45, 2.75) is 45.6 Å². The Balaban J connectivity index is 2.48. The standard InChI is InChI=1S/C11H19NO3/c1-8(2)7-12-9(3-5-10(12)13)4-6-11(14)15/h8-9H,3-7H2,1-2H3,(H,14,15). The van der Waals surface area contributed by atoms with Gasteiger partial charge >= 0.3 is 5.97 Å². The average molecular weight is 213 g/mol. The van der Waals surface area contributed by atoms with Crippen LogP contribution in [0.25, 0.3) is 0 Å². The van der Waals surface area contributed by atoms with Gasteiger partial charge in [0.1, 0.15) is 0 Å². The molecule has 0 aromatic rings. The van der Waals surface area contributed by atoms with Gasteiger partial charge in [0.2, 0.25) is 5.91 Å². The van der Waals surface area contributed by atoms with Crippen molar-refractivity contribution in [1.82, 2.24) is 4.90 Å². The van der Waals surface area contributed by atoms with Crippen molar-refractivity contribution in [3.8, 4) is 0 Å². The lowest BCUT2D eigenvalue weighted by atomic mass is 10.1. The van der Waals surface area contributed by atoms with E-state index >= 15 is 0 Å². The molecule has 0 aliphatic carbocycles. The SMILES string of the molecule is CC(C)CN1C(=O)CCC1CCC(=O)O. The van der Waals surface area contributed by atoms with E-state index in [9.17, 15) is 9.59 Å². The molecule has 15 heavy (non-hydrogen) atoms. The van der Waals surface area contributed by atoms with Gasteiger partial charge in [0.25, 0.3) is 0 Å². The number of carbonyl (C=O) groups excluding carboxylic acids is 1. The van der Waals surface area contributed by atoms with Gasteiger partial charge in [-0.2, -0.15) is 0 Å². The summed E-state index contributed by atoms with van der Waals surface area (Å²) in [6.07, 6.45) is 2.15. The Kier molecular flexibility index (Phi) is 4.12. The van der Waals surface area contributed by atoms with Crippen LogP contribution in [-0.2, 0) is 9.59 Å². The summed E-state index contributed by atoms with van der Waals surface area (Å²) in [5, 5.41) is 8.60. The number of carboxylic acids is 1. The summed E-state index contributed by atoms with van der Waals surface area (Å²) >= 11 is 0. The van der Waals surface area contributed by atoms with E-state index in [-0.39, 0.29) is 18.4 Å². The molecule has 4 heteroatoms. The Morgan fingerprint density at radius 1 is 1.60 bits per heavy atom. The predicted molar refractivity (Wildman–Crippen MR) is 56.4 cm³/mol. The van der Waals surface area contributed by atoms with Crippen molar-refractivity contribution in [3.63, 3.8) is 0 Å². The molecule has 1 unspecified atom stereocenters. The van der Waals surface area contributed by atoms with E-state index in [2.05, 4.69) is 13.8 Å². The van der Waals surface area contributed by atoms with Crippen LogP contribution in [-0.4, -0.2) is 34.5 Å². The number of rotatable bonds is 5. The molecule has 0 bridgehead atoms. The van der Waals surface area contributed by atoms with E-state index in [0.717, 1.165) is 13.0 Å². The van der Waals surface area contributed by atoms with E-state index in [1.807, 2.05) is 4.90 Å². The number of amides is 1. The lowest BCUT2D eigenvalue weighted by Crippen LogP contribution is -2.36. The van der Waals surface area contributed by atoms with Crippen molar-refractivity contribution in [2.75, 3.05) is 6.54 Å². The largest absolute Gasteiger partial charge is 0.481 e. The number of hydrogen-bond acceptors (Lipinski definition) is 2. The number of nitrogens with zero attached hydrogens (tertiary/aromatic N) is 1. The summed E-state index contributed by atoms with van der Waals surface area (Å²) in [5.41, 5.74) is 0. The topological polar surface area (TPSA) is 57.6 Å². The van der Waals surface area contributed by atoms with Crippen molar-refractivity contribution in [2.24, 2.45) is 5.92 Å². The summed E-state index contributed by atoms with van der Waals surface area (Å²) in [5.74, 6) is -0.155. The first-order valence-electron chi connectivity index (χ1n) is 5.52. The maximum atomic E-state index is 11.5. The first-order valence-corrected chi connectivity index (χ1v) is 5.52. The molecule has 1 aliphatic heterocycles. The molecule has 1 aliphatic rings. The Morgan fingerprint density at radius 2 is 2.27 bits per heavy atom. The van der Waals surface area contributed by atoms with Gasteiger partial charge in [-0.3, -0.25) is 9.59 Å². The summed E-state index contributed by atoms with van der Waals surface area (Å²) < 4.78 is 0. The predicted octanol–water partition coefficient (Wildman–Crippen LogP) is 1.50. The normalized spacial score (nSPS) is 21.4. The lowest BCUT2D eigenvalue weighted by molar-refractivity contribution is -0.138. The smallest absolute Gasteiger partial charge is 0.303 e. The number of likely N-dealkylation sites (tertiary alicyclic amines) is 1. The molecule has 0 radical (unpaired) electrons. The lowest BCUT2D eigenvalue weighted by Gasteiger charge is -2.26. The average Bonchev–Trinajstić information content (AvgIpc) is 2.44. The fourth-order valence-electron chi connectivity index (χ4n) is 2.03. The molecule has 1 saturated heterocycles. The molecule has 1 atom stereocenters. The second kappa shape index (κ2) is 5.14. The van der Waals surface area contributed by atoms with Crippen molar-refractivity contribution in [3.05, 3.63) is 0 Å². The third-order valence-corrected chi connectivity index (χ3v) is 2.71. The van der Waals surface area contributed by atoms with Gasteiger partial charge in [-0.1, -0.05) is 13.8 Å². The highest BCUT2D eigenvalue weighted by Crippen LogP contribution is 2.23. The minimum absolute atomic E-state index is 0.149. The van der Waals surface area contributed by atoms with Gasteiger partial charge in [0.05, 0.1) is 0 Å². The molecule has 4 nitrogen and oxygen atoms in total. The first-order chi connectivity index (χ1) is 7.00. The number of aliphatic carboxylic acids is 1. The molecule has 0 aromatic heterocycles. The van der Waals surface area contributed by atoms with Crippen LogP contribution >= 0.6 is 0 Å². The zero-order chi connectivity index (χ0) is 11.4. The first kappa shape index (κ1) is 12.0. The van der Waals surface area contributed by atoms with E-state index in [0.29, 0.717) is 18.8 Å². The van der Waals surface area contributed by atoms with Crippen molar-refractivity contribution >= 4 is 11.9 Å². The van der Waals surface area contributed by atoms with Gasteiger partial charge in [-0.05, 0) is 18.8 Å². The van der Waals surface area contributed by atoms with Gasteiger partial charge < -0.3 is 10.0 Å². The van der Waals surface area contributed by atoms with Crippen LogP contribution in [0.5, 0.6) is 0 Å². The van der Waals surface area contributed by atoms with Crippen molar-refractivity contribution < 1.29 is 14.7 Å². The highest BCUT2D eigenvalue weighted by Gasteiger charge is 2.30. The van der Waals surface area contributed by atoms with E-state index in [4.69, 9.17) is 5.11 Å². The molecular weight excluding hydrogens is 194 g/mol. The van der Waals surface area contributed by atoms with Crippen LogP contribution in [0.4, 0.5) is 0 Å². The van der Waals surface area contributed by atoms with Crippen LogP contribution in [0.1, 0.15) is 39.5 Å². The Hall–Kier alpha value is -1.06. The van der Waals surface area contributed by atoms with Gasteiger partial charge in [-0.25, -0.2) is 0 Å². The number of hydrogen-bond donors (Lipinski definition) is 1. The highest BCUT2D eigenvalue weighted by atomic mass is 16.4. The summed E-state index contributed by atoms with van der Waals surface area (Å²) in [6, 6.07) is 0.149. The molecule has 0 spiro atoms. The number of carboxylic acid groups (broad SMARTS) is 1. The highest BCUT2D eigenvalue weighted by molar-refractivity contribution is 5.79. The quantitative estimate of drug-likeness (QED) is 0.753. The van der Waals surface area contributed by atoms with Crippen LogP contribution in [0.3, 0.4) is 0 Å². The van der Waals surface area contributed by atoms with Crippen LogP contribution < -0.4 is 0 Å². The van der Waals surface area contributed by atoms with E-state index < -0.39 is 5.97 Å². The Morgan fingerprint density at radius 3 is 2.80 bits per heavy atom. The minimum Gasteiger partial charge on any atom is -0.481 e. The molecule has 1 fully saturated rings. The van der Waals surface area contributed by atoms with Crippen LogP contribution in [0.15, 0.2) is 0 Å². The van der Waals surface area contributed by atoms with E-state index in [1.54, 1.807) is 0 Å². The number of carbonyl (C=O) groups is 2. The molecule has 1 rings (SSSR count). The van der Waals surface area contributed by atoms with Crippen LogP contribution in [0.2, 0.25) is 0 Å². The zero-order valence-electron chi connectivity index (χ0n) is 9.40. The third-order valence-electron chi connectivity index (χ3n) is 2.71. The second-order valence-electron chi connectivity index (χ2n) is 4.56. The van der Waals surface area contributed by atoms with Gasteiger partial charge in [0.15, 0.2) is 0 Å². The maximum Gasteiger partial charge on any atom is 0.303 e. The maximum absolute atomic E-state index is 11.5. The summed E-state index contributed by atoms with van der Waals surface area (Å²) in [4.78, 5) is 23.9. The molecular formula is C11H19NO3. The van der Waals surface area contributed by atoms with Gasteiger partial charge in [0, 0.05) is 25.4 Å².